The van der Waals surface area contributed by atoms with E-state index in [-0.39, 0.29) is 48.3 Å². The molecule has 2 aromatic rings. The van der Waals surface area contributed by atoms with Crippen LogP contribution in [0.5, 0.6) is 5.75 Å². The lowest BCUT2D eigenvalue weighted by Gasteiger charge is -2.25. The van der Waals surface area contributed by atoms with Gasteiger partial charge in [0, 0.05) is 29.7 Å². The number of carbonyl (C=O) groups excluding carboxylic acids is 4. The van der Waals surface area contributed by atoms with Gasteiger partial charge in [0.1, 0.15) is 5.75 Å². The molecule has 0 aromatic heterocycles. The molecule has 3 aliphatic rings. The fraction of sp³-hybridized carbons (Fsp3) is 0.385. The van der Waals surface area contributed by atoms with Gasteiger partial charge in [-0.3, -0.25) is 19.2 Å². The van der Waals surface area contributed by atoms with E-state index in [1.165, 1.54) is 4.90 Å². The number of nitrogens with zero attached hydrogens (tertiary/aromatic N) is 2. The van der Waals surface area contributed by atoms with Crippen molar-refractivity contribution in [3.63, 3.8) is 0 Å². The topological polar surface area (TPSA) is 84.0 Å². The van der Waals surface area contributed by atoms with Crippen molar-refractivity contribution in [2.24, 2.45) is 23.7 Å². The predicted molar refractivity (Wildman–Crippen MR) is 126 cm³/mol. The Hall–Kier alpha value is -3.19. The maximum Gasteiger partial charge on any atom is 0.316 e. The number of carbonyl (C=O) groups is 4. The Bertz CT molecular complexity index is 1160. The van der Waals surface area contributed by atoms with E-state index in [4.69, 9.17) is 16.3 Å². The number of anilines is 2. The van der Waals surface area contributed by atoms with E-state index in [1.807, 2.05) is 0 Å². The highest BCUT2D eigenvalue weighted by atomic mass is 35.5. The number of imide groups is 1. The summed E-state index contributed by atoms with van der Waals surface area (Å²) in [4.78, 5) is 54.1. The predicted octanol–water partition coefficient (Wildman–Crippen LogP) is 4.22. The average molecular weight is 481 g/mol. The number of ether oxygens (including phenoxy) is 1. The molecule has 3 amide bonds. The lowest BCUT2D eigenvalue weighted by molar-refractivity contribution is -0.139. The Balaban J connectivity index is 1.28. The molecule has 0 unspecified atom stereocenters. The smallest absolute Gasteiger partial charge is 0.316 e. The van der Waals surface area contributed by atoms with Gasteiger partial charge in [-0.1, -0.05) is 24.6 Å². The molecule has 2 aliphatic heterocycles. The van der Waals surface area contributed by atoms with E-state index in [0.717, 1.165) is 19.3 Å². The first-order valence-corrected chi connectivity index (χ1v) is 11.9. The van der Waals surface area contributed by atoms with Gasteiger partial charge in [0.2, 0.25) is 17.7 Å². The SMILES string of the molecule is C[C@@H]1CC[C@@H]2C(=O)N(c3cccc(OC(=O)[C@H]4CC(=O)N(c5ccc(Cl)cc5)C4)c3)C(=O)[C@H]2C1. The second kappa shape index (κ2) is 8.87. The van der Waals surface area contributed by atoms with Crippen molar-refractivity contribution in [1.82, 2.24) is 0 Å². The Morgan fingerprint density at radius 1 is 0.971 bits per heavy atom. The molecule has 2 saturated heterocycles. The van der Waals surface area contributed by atoms with Gasteiger partial charge in [-0.15, -0.1) is 0 Å². The van der Waals surface area contributed by atoms with Crippen LogP contribution < -0.4 is 14.5 Å². The quantitative estimate of drug-likeness (QED) is 0.371. The van der Waals surface area contributed by atoms with Crippen molar-refractivity contribution in [3.05, 3.63) is 53.6 Å². The highest BCUT2D eigenvalue weighted by Crippen LogP contribution is 2.42. The maximum atomic E-state index is 13.0. The molecule has 4 atom stereocenters. The van der Waals surface area contributed by atoms with E-state index in [2.05, 4.69) is 6.92 Å². The molecular weight excluding hydrogens is 456 g/mol. The van der Waals surface area contributed by atoms with Crippen LogP contribution in [0.2, 0.25) is 5.02 Å². The Kier molecular flexibility index (Phi) is 5.90. The first kappa shape index (κ1) is 22.6. The summed E-state index contributed by atoms with van der Waals surface area (Å²) in [5, 5.41) is 0.565. The van der Waals surface area contributed by atoms with Crippen LogP contribution in [-0.4, -0.2) is 30.2 Å². The molecule has 0 bridgehead atoms. The van der Waals surface area contributed by atoms with Crippen LogP contribution in [0.1, 0.15) is 32.6 Å². The zero-order valence-electron chi connectivity index (χ0n) is 18.8. The number of rotatable bonds is 4. The molecule has 1 aliphatic carbocycles. The molecule has 1 saturated carbocycles. The molecule has 3 fully saturated rings. The van der Waals surface area contributed by atoms with Crippen LogP contribution in [0.3, 0.4) is 0 Å². The van der Waals surface area contributed by atoms with Crippen LogP contribution in [0.4, 0.5) is 11.4 Å². The van der Waals surface area contributed by atoms with Gasteiger partial charge in [0.25, 0.3) is 0 Å². The zero-order chi connectivity index (χ0) is 24.0. The fourth-order valence-corrected chi connectivity index (χ4v) is 5.39. The third-order valence-corrected chi connectivity index (χ3v) is 7.33. The number of benzene rings is 2. The van der Waals surface area contributed by atoms with Crippen molar-refractivity contribution in [1.29, 1.82) is 0 Å². The summed E-state index contributed by atoms with van der Waals surface area (Å²) in [7, 11) is 0. The summed E-state index contributed by atoms with van der Waals surface area (Å²) < 4.78 is 5.57. The van der Waals surface area contributed by atoms with Crippen LogP contribution >= 0.6 is 11.6 Å². The number of fused-ring (bicyclic) bond motifs is 1. The number of hydrogen-bond donors (Lipinski definition) is 0. The van der Waals surface area contributed by atoms with Gasteiger partial charge in [0.05, 0.1) is 23.4 Å². The van der Waals surface area contributed by atoms with Gasteiger partial charge in [0.15, 0.2) is 0 Å². The zero-order valence-corrected chi connectivity index (χ0v) is 19.5. The van der Waals surface area contributed by atoms with Crippen molar-refractivity contribution in [2.45, 2.75) is 32.6 Å². The van der Waals surface area contributed by atoms with Gasteiger partial charge in [-0.25, -0.2) is 4.90 Å². The van der Waals surface area contributed by atoms with Gasteiger partial charge < -0.3 is 9.64 Å². The largest absolute Gasteiger partial charge is 0.426 e. The third-order valence-electron chi connectivity index (χ3n) is 7.08. The summed E-state index contributed by atoms with van der Waals surface area (Å²) >= 11 is 5.92. The van der Waals surface area contributed by atoms with Crippen LogP contribution in [0.25, 0.3) is 0 Å². The third kappa shape index (κ3) is 4.09. The Labute approximate surface area is 202 Å². The lowest BCUT2D eigenvalue weighted by atomic mass is 9.76. The molecule has 176 valence electrons. The summed E-state index contributed by atoms with van der Waals surface area (Å²) in [6.45, 7) is 2.32. The molecule has 2 aromatic carbocycles. The number of esters is 1. The van der Waals surface area contributed by atoms with Crippen molar-refractivity contribution >= 4 is 46.7 Å². The monoisotopic (exact) mass is 480 g/mol. The number of halogens is 1. The fourth-order valence-electron chi connectivity index (χ4n) is 5.27. The molecule has 5 rings (SSSR count). The second-order valence-electron chi connectivity index (χ2n) is 9.44. The van der Waals surface area contributed by atoms with E-state index >= 15 is 0 Å². The van der Waals surface area contributed by atoms with E-state index in [1.54, 1.807) is 53.4 Å². The molecule has 0 N–H and O–H groups in total. The highest BCUT2D eigenvalue weighted by molar-refractivity contribution is 6.30. The standard InChI is InChI=1S/C26H25ClN2O5/c1-15-5-10-21-22(11-15)25(32)29(24(21)31)19-3-2-4-20(13-19)34-26(33)16-12-23(30)28(14-16)18-8-6-17(27)7-9-18/h2-4,6-9,13,15-16,21-22H,5,10-12,14H2,1H3/t15-,16+,21+,22+/m1/s1. The molecule has 8 heteroatoms. The van der Waals surface area contributed by atoms with Gasteiger partial charge >= 0.3 is 5.97 Å². The van der Waals surface area contributed by atoms with Gasteiger partial charge in [-0.05, 0) is 61.6 Å². The number of hydrogen-bond acceptors (Lipinski definition) is 5. The molecule has 34 heavy (non-hydrogen) atoms. The van der Waals surface area contributed by atoms with Crippen LogP contribution in [-0.2, 0) is 19.2 Å². The van der Waals surface area contributed by atoms with Crippen molar-refractivity contribution in [2.75, 3.05) is 16.3 Å². The van der Waals surface area contributed by atoms with Crippen molar-refractivity contribution in [3.8, 4) is 5.75 Å². The summed E-state index contributed by atoms with van der Waals surface area (Å²) in [6, 6.07) is 13.3. The lowest BCUT2D eigenvalue weighted by Crippen LogP contribution is -2.31. The maximum absolute atomic E-state index is 13.0. The molecular formula is C26H25ClN2O5. The highest BCUT2D eigenvalue weighted by Gasteiger charge is 2.50. The first-order chi connectivity index (χ1) is 16.3. The molecule has 2 heterocycles. The van der Waals surface area contributed by atoms with Crippen LogP contribution in [0.15, 0.2) is 48.5 Å². The van der Waals surface area contributed by atoms with Crippen molar-refractivity contribution < 1.29 is 23.9 Å². The summed E-state index contributed by atoms with van der Waals surface area (Å²) in [5.41, 5.74) is 1.08. The Morgan fingerprint density at radius 2 is 1.71 bits per heavy atom. The summed E-state index contributed by atoms with van der Waals surface area (Å²) in [6.07, 6.45) is 2.44. The normalized spacial score (nSPS) is 26.7. The molecule has 0 radical (unpaired) electrons. The first-order valence-electron chi connectivity index (χ1n) is 11.6. The van der Waals surface area contributed by atoms with E-state index < -0.39 is 11.9 Å². The molecule has 0 spiro atoms. The van der Waals surface area contributed by atoms with Gasteiger partial charge in [-0.2, -0.15) is 0 Å². The Morgan fingerprint density at radius 3 is 2.47 bits per heavy atom. The molecule has 7 nitrogen and oxygen atoms in total. The van der Waals surface area contributed by atoms with E-state index in [9.17, 15) is 19.2 Å². The second-order valence-corrected chi connectivity index (χ2v) is 9.88. The minimum Gasteiger partial charge on any atom is -0.426 e. The van der Waals surface area contributed by atoms with Crippen LogP contribution in [0, 0.1) is 23.7 Å². The van der Waals surface area contributed by atoms with E-state index in [0.29, 0.717) is 22.3 Å². The minimum absolute atomic E-state index is 0.0474. The average Bonchev–Trinajstić information content (AvgIpc) is 3.32. The number of amides is 3. The minimum atomic E-state index is -0.619. The summed E-state index contributed by atoms with van der Waals surface area (Å²) in [5.74, 6) is -1.53.